The number of anilines is 2. The Bertz CT molecular complexity index is 1280. The van der Waals surface area contributed by atoms with Crippen molar-refractivity contribution in [3.05, 3.63) is 65.6 Å². The molecule has 37 heavy (non-hydrogen) atoms. The molecule has 0 saturated heterocycles. The van der Waals surface area contributed by atoms with Crippen molar-refractivity contribution in [1.29, 1.82) is 0 Å². The van der Waals surface area contributed by atoms with Crippen LogP contribution in [0.5, 0.6) is 5.75 Å². The normalized spacial score (nSPS) is 14.1. The first-order valence-corrected chi connectivity index (χ1v) is 12.7. The predicted octanol–water partition coefficient (Wildman–Crippen LogP) is 1.71. The van der Waals surface area contributed by atoms with Crippen molar-refractivity contribution in [2.45, 2.75) is 31.8 Å². The molecule has 1 aliphatic rings. The smallest absolute Gasteiger partial charge is 0.329 e. The lowest BCUT2D eigenvalue weighted by Gasteiger charge is -2.27. The van der Waals surface area contributed by atoms with E-state index < -0.39 is 35.7 Å². The molecule has 0 bridgehead atoms. The number of rotatable bonds is 11. The molecule has 0 radical (unpaired) electrons. The summed E-state index contributed by atoms with van der Waals surface area (Å²) < 4.78 is 29.3. The maximum absolute atomic E-state index is 12.7. The maximum Gasteiger partial charge on any atom is 0.329 e. The Kier molecular flexibility index (Phi) is 8.36. The summed E-state index contributed by atoms with van der Waals surface area (Å²) in [6.45, 7) is 1.01. The Labute approximate surface area is 216 Å². The average molecular weight is 529 g/mol. The quantitative estimate of drug-likeness (QED) is 0.272. The minimum Gasteiger partial charge on any atom is -0.497 e. The number of carbonyl (C=O) groups is 2. The molecule has 1 aliphatic heterocycles. The summed E-state index contributed by atoms with van der Waals surface area (Å²) in [5.74, 6) is -0.498. The van der Waals surface area contributed by atoms with Crippen LogP contribution in [0.1, 0.15) is 28.0 Å². The zero-order valence-corrected chi connectivity index (χ0v) is 21.0. The van der Waals surface area contributed by atoms with Crippen molar-refractivity contribution in [2.75, 3.05) is 29.8 Å². The second-order valence-electron chi connectivity index (χ2n) is 8.40. The van der Waals surface area contributed by atoms with Crippen molar-refractivity contribution in [1.82, 2.24) is 20.1 Å². The van der Waals surface area contributed by atoms with E-state index in [2.05, 4.69) is 26.8 Å². The highest BCUT2D eigenvalue weighted by atomic mass is 32.2. The van der Waals surface area contributed by atoms with Gasteiger partial charge < -0.3 is 20.5 Å². The molecule has 4 rings (SSSR count). The first kappa shape index (κ1) is 26.1. The molecule has 2 atom stereocenters. The minimum atomic E-state index is -2.66. The fourth-order valence-electron chi connectivity index (χ4n) is 4.01. The second kappa shape index (κ2) is 11.8. The number of benzene rings is 1. The third-order valence-electron chi connectivity index (χ3n) is 5.96. The second-order valence-corrected chi connectivity index (χ2v) is 9.26. The van der Waals surface area contributed by atoms with E-state index in [0.717, 1.165) is 35.2 Å². The molecular formula is C24H28N6O6S. The predicted molar refractivity (Wildman–Crippen MR) is 137 cm³/mol. The summed E-state index contributed by atoms with van der Waals surface area (Å²) in [6, 6.07) is 8.58. The standard InChI is InChI=1S/C24H28N6O6S/c1-36-20-8-6-19(7-9-20)30(37(34)35)21(24(32)33)14-26-23(31)17-13-27-29(15-17)12-10-18-5-4-16-3-2-11-25-22(16)28-18/h4-9,13,15,21H,2-3,10-12,14H2,1H3,(H,25,28)(H,26,31)(H,32,33)(H,34,35)/t21-/m0/s1. The SMILES string of the molecule is COc1ccc(N([C@@H](CNC(=O)c2cnn(CCc3ccc4c(n3)NCCC4)c2)C(=O)O)S(=O)O)cc1. The first-order valence-electron chi connectivity index (χ1n) is 11.7. The summed E-state index contributed by atoms with van der Waals surface area (Å²) in [5.41, 5.74) is 2.55. The Morgan fingerprint density at radius 2 is 2.05 bits per heavy atom. The van der Waals surface area contributed by atoms with E-state index in [1.807, 2.05) is 6.07 Å². The Balaban J connectivity index is 1.37. The molecule has 3 aromatic rings. The summed E-state index contributed by atoms with van der Waals surface area (Å²) in [7, 11) is 1.47. The molecule has 1 amide bonds. The third kappa shape index (κ3) is 6.43. The molecule has 2 aromatic heterocycles. The van der Waals surface area contributed by atoms with Crippen molar-refractivity contribution < 1.29 is 28.2 Å². The topological polar surface area (TPSA) is 159 Å². The van der Waals surface area contributed by atoms with Gasteiger partial charge in [-0.25, -0.2) is 14.0 Å². The minimum absolute atomic E-state index is 0.182. The van der Waals surface area contributed by atoms with Gasteiger partial charge in [-0.15, -0.1) is 0 Å². The van der Waals surface area contributed by atoms with Gasteiger partial charge in [-0.05, 0) is 48.7 Å². The van der Waals surface area contributed by atoms with Crippen molar-refractivity contribution in [2.24, 2.45) is 0 Å². The van der Waals surface area contributed by atoms with Crippen LogP contribution in [0.3, 0.4) is 0 Å². The van der Waals surface area contributed by atoms with Crippen molar-refractivity contribution in [3.8, 4) is 5.75 Å². The molecule has 13 heteroatoms. The Morgan fingerprint density at radius 3 is 2.76 bits per heavy atom. The highest BCUT2D eigenvalue weighted by Gasteiger charge is 2.31. The van der Waals surface area contributed by atoms with Gasteiger partial charge in [-0.3, -0.25) is 18.3 Å². The van der Waals surface area contributed by atoms with E-state index in [9.17, 15) is 23.5 Å². The average Bonchev–Trinajstić information content (AvgIpc) is 3.38. The van der Waals surface area contributed by atoms with Crippen LogP contribution < -0.4 is 19.7 Å². The van der Waals surface area contributed by atoms with Gasteiger partial charge >= 0.3 is 5.97 Å². The van der Waals surface area contributed by atoms with Crippen molar-refractivity contribution >= 4 is 34.6 Å². The van der Waals surface area contributed by atoms with Crippen molar-refractivity contribution in [3.63, 3.8) is 0 Å². The fraction of sp³-hybridized carbons (Fsp3) is 0.333. The van der Waals surface area contributed by atoms with E-state index in [0.29, 0.717) is 18.7 Å². The van der Waals surface area contributed by atoms with Gasteiger partial charge in [-0.1, -0.05) is 6.07 Å². The van der Waals surface area contributed by atoms with Crippen LogP contribution >= 0.6 is 0 Å². The number of hydrogen-bond donors (Lipinski definition) is 4. The third-order valence-corrected chi connectivity index (χ3v) is 6.77. The van der Waals surface area contributed by atoms with Gasteiger partial charge in [0.2, 0.25) is 0 Å². The zero-order chi connectivity index (χ0) is 26.4. The molecular weight excluding hydrogens is 500 g/mol. The van der Waals surface area contributed by atoms with E-state index in [4.69, 9.17) is 4.74 Å². The molecule has 4 N–H and O–H groups in total. The van der Waals surface area contributed by atoms with Crippen LogP contribution in [-0.2, 0) is 35.4 Å². The number of aliphatic carboxylic acids is 1. The highest BCUT2D eigenvalue weighted by Crippen LogP contribution is 2.23. The molecule has 1 unspecified atom stereocenters. The number of fused-ring (bicyclic) bond motifs is 1. The van der Waals surface area contributed by atoms with Crippen LogP contribution in [0.25, 0.3) is 0 Å². The molecule has 3 heterocycles. The largest absolute Gasteiger partial charge is 0.497 e. The number of carbonyl (C=O) groups excluding carboxylic acids is 1. The number of carboxylic acid groups (broad SMARTS) is 1. The maximum atomic E-state index is 12.7. The number of ether oxygens (including phenoxy) is 1. The lowest BCUT2D eigenvalue weighted by Crippen LogP contribution is -2.49. The number of nitrogens with zero attached hydrogens (tertiary/aromatic N) is 4. The van der Waals surface area contributed by atoms with Gasteiger partial charge in [0.1, 0.15) is 11.6 Å². The van der Waals surface area contributed by atoms with Crippen LogP contribution in [-0.4, -0.2) is 66.8 Å². The fourth-order valence-corrected chi connectivity index (χ4v) is 4.69. The Hall–Kier alpha value is -3.97. The van der Waals surface area contributed by atoms with Gasteiger partial charge in [0.05, 0.1) is 31.1 Å². The summed E-state index contributed by atoms with van der Waals surface area (Å²) in [5, 5.41) is 19.8. The van der Waals surface area contributed by atoms with Crippen LogP contribution in [0.15, 0.2) is 48.8 Å². The molecule has 0 aliphatic carbocycles. The summed E-state index contributed by atoms with van der Waals surface area (Å²) in [6.07, 6.45) is 5.68. The number of pyridine rings is 1. The van der Waals surface area contributed by atoms with E-state index in [1.165, 1.54) is 43.1 Å². The number of aromatic nitrogens is 3. The lowest BCUT2D eigenvalue weighted by molar-refractivity contribution is -0.138. The highest BCUT2D eigenvalue weighted by molar-refractivity contribution is 7.80. The first-order chi connectivity index (χ1) is 17.9. The monoisotopic (exact) mass is 528 g/mol. The molecule has 196 valence electrons. The number of aryl methyl sites for hydroxylation is 3. The molecule has 12 nitrogen and oxygen atoms in total. The van der Waals surface area contributed by atoms with Gasteiger partial charge in [-0.2, -0.15) is 5.10 Å². The summed E-state index contributed by atoms with van der Waals surface area (Å²) in [4.78, 5) is 29.3. The molecule has 0 spiro atoms. The number of hydrogen-bond acceptors (Lipinski definition) is 7. The lowest BCUT2D eigenvalue weighted by atomic mass is 10.1. The van der Waals surface area contributed by atoms with Crippen LogP contribution in [0.4, 0.5) is 11.5 Å². The number of methoxy groups -OCH3 is 1. The Morgan fingerprint density at radius 1 is 1.27 bits per heavy atom. The zero-order valence-electron chi connectivity index (χ0n) is 20.2. The summed E-state index contributed by atoms with van der Waals surface area (Å²) >= 11 is -2.66. The molecule has 1 aromatic carbocycles. The van der Waals surface area contributed by atoms with Crippen LogP contribution in [0.2, 0.25) is 0 Å². The molecule has 0 fully saturated rings. The van der Waals surface area contributed by atoms with Gasteiger partial charge in [0.15, 0.2) is 6.04 Å². The van der Waals surface area contributed by atoms with Gasteiger partial charge in [0, 0.05) is 31.4 Å². The molecule has 0 saturated carbocycles. The van der Waals surface area contributed by atoms with Crippen LogP contribution in [0, 0.1) is 0 Å². The van der Waals surface area contributed by atoms with Gasteiger partial charge in [0.25, 0.3) is 17.2 Å². The number of amides is 1. The number of carboxylic acids is 1. The van der Waals surface area contributed by atoms with E-state index in [1.54, 1.807) is 10.9 Å². The van der Waals surface area contributed by atoms with E-state index in [-0.39, 0.29) is 11.3 Å². The number of nitrogens with one attached hydrogen (secondary N) is 2. The van der Waals surface area contributed by atoms with E-state index >= 15 is 0 Å².